The van der Waals surface area contributed by atoms with E-state index in [1.54, 1.807) is 0 Å². The van der Waals surface area contributed by atoms with Crippen LogP contribution < -0.4 is 0 Å². The van der Waals surface area contributed by atoms with Gasteiger partial charge in [-0.2, -0.15) is 0 Å². The maximum absolute atomic E-state index is 10.5. The Balaban J connectivity index is 1.97. The molecule has 0 amide bonds. The summed E-state index contributed by atoms with van der Waals surface area (Å²) in [7, 11) is 0.514. The molecule has 0 spiro atoms. The van der Waals surface area contributed by atoms with E-state index in [1.807, 2.05) is 0 Å². The summed E-state index contributed by atoms with van der Waals surface area (Å²) in [5, 5.41) is 0. The second-order valence-electron chi connectivity index (χ2n) is 0.443. The molecule has 0 fully saturated rings. The Morgan fingerprint density at radius 2 is 2.25 bits per heavy atom. The zero-order valence-electron chi connectivity index (χ0n) is 2.37. The van der Waals surface area contributed by atoms with Crippen molar-refractivity contribution in [3.05, 3.63) is 6.92 Å². The lowest BCUT2D eigenvalue weighted by Gasteiger charge is -1.58. The van der Waals surface area contributed by atoms with Gasteiger partial charge >= 0.3 is 7.56 Å². The van der Waals surface area contributed by atoms with Crippen molar-refractivity contribution in [3.63, 3.8) is 0 Å². The predicted molar refractivity (Wildman–Crippen MR) is 17.0 cm³/mol. The van der Waals surface area contributed by atoms with E-state index in [0.717, 1.165) is 0 Å². The molecular weight excluding hydrogens is 53.8 g/mol. The molecule has 0 atom stereocenters. The molecule has 2 radical (unpaired) electrons. The van der Waals surface area contributed by atoms with E-state index in [2.05, 4.69) is 6.92 Å². The Morgan fingerprint density at radius 3 is 2.25 bits per heavy atom. The van der Waals surface area contributed by atoms with Crippen LogP contribution in [0.15, 0.2) is 0 Å². The molecule has 2 heteroatoms. The minimum Gasteiger partial charge on any atom is -0.343 e. The first-order valence-electron chi connectivity index (χ1n) is 1.13. The summed E-state index contributed by atoms with van der Waals surface area (Å²) >= 11 is 0. The molecular formula is C2H4BF. The van der Waals surface area contributed by atoms with Crippen LogP contribution in [0, 0.1) is 6.92 Å². The summed E-state index contributed by atoms with van der Waals surface area (Å²) in [4.78, 5) is 0. The molecule has 0 aromatic carbocycles. The van der Waals surface area contributed by atoms with Gasteiger partial charge in [-0.3, -0.25) is 0 Å². The fraction of sp³-hybridized carbons (Fsp3) is 0.500. The Morgan fingerprint density at radius 1 is 2.00 bits per heavy atom. The summed E-state index contributed by atoms with van der Waals surface area (Å²) in [5.41, 5.74) is 0. The Hall–Kier alpha value is -0.00506. The third kappa shape index (κ3) is 1.99. The number of rotatable bonds is 1. The van der Waals surface area contributed by atoms with Crippen molar-refractivity contribution in [2.75, 3.05) is 0 Å². The minimum atomic E-state index is 0.278. The third-order valence-corrected chi connectivity index (χ3v) is 0.109. The van der Waals surface area contributed by atoms with Gasteiger partial charge < -0.3 is 4.32 Å². The highest BCUT2D eigenvalue weighted by molar-refractivity contribution is 6.26. The minimum absolute atomic E-state index is 0.278. The SMILES string of the molecule is [CH2]C[B]F. The van der Waals surface area contributed by atoms with E-state index in [4.69, 9.17) is 0 Å². The smallest absolute Gasteiger partial charge is 0.343 e. The molecule has 0 aromatic rings. The summed E-state index contributed by atoms with van der Waals surface area (Å²) in [6.07, 6.45) is 0.278. The van der Waals surface area contributed by atoms with Gasteiger partial charge in [0.15, 0.2) is 0 Å². The lowest BCUT2D eigenvalue weighted by Crippen LogP contribution is -1.64. The van der Waals surface area contributed by atoms with Gasteiger partial charge in [-0.25, -0.2) is 0 Å². The first-order chi connectivity index (χ1) is 1.91. The molecule has 0 aliphatic heterocycles. The van der Waals surface area contributed by atoms with E-state index in [0.29, 0.717) is 7.56 Å². The van der Waals surface area contributed by atoms with E-state index in [-0.39, 0.29) is 6.32 Å². The molecule has 0 saturated heterocycles. The molecule has 0 aromatic heterocycles. The van der Waals surface area contributed by atoms with Crippen molar-refractivity contribution in [2.45, 2.75) is 6.32 Å². The molecule has 0 aliphatic rings. The molecule has 0 bridgehead atoms. The second-order valence-corrected chi connectivity index (χ2v) is 0.443. The molecule has 0 unspecified atom stereocenters. The summed E-state index contributed by atoms with van der Waals surface area (Å²) < 4.78 is 10.5. The van der Waals surface area contributed by atoms with Gasteiger partial charge in [0.1, 0.15) is 0 Å². The lowest BCUT2D eigenvalue weighted by atomic mass is 10.0. The standard InChI is InChI=1S/C2H4BF/c1-2-3-4/h1-2H2. The fourth-order valence-corrected chi connectivity index (χ4v) is 0. The third-order valence-electron chi connectivity index (χ3n) is 0.109. The maximum Gasteiger partial charge on any atom is 0.354 e. The van der Waals surface area contributed by atoms with Crippen LogP contribution in [0.3, 0.4) is 0 Å². The normalized spacial score (nSPS) is 6.50. The van der Waals surface area contributed by atoms with Crippen LogP contribution >= 0.6 is 0 Å². The summed E-state index contributed by atoms with van der Waals surface area (Å²) in [6.45, 7) is 3.17. The van der Waals surface area contributed by atoms with Gasteiger partial charge in [-0.1, -0.05) is 6.92 Å². The zero-order chi connectivity index (χ0) is 3.41. The Labute approximate surface area is 26.3 Å². The number of hydrogen-bond donors (Lipinski definition) is 0. The van der Waals surface area contributed by atoms with Crippen LogP contribution in [0.5, 0.6) is 0 Å². The van der Waals surface area contributed by atoms with Crippen molar-refractivity contribution >= 4 is 7.56 Å². The van der Waals surface area contributed by atoms with Gasteiger partial charge in [0.05, 0.1) is 0 Å². The monoisotopic (exact) mass is 58.0 g/mol. The van der Waals surface area contributed by atoms with Gasteiger partial charge in [0.2, 0.25) is 0 Å². The van der Waals surface area contributed by atoms with Crippen LogP contribution in [-0.2, 0) is 0 Å². The van der Waals surface area contributed by atoms with Crippen molar-refractivity contribution < 1.29 is 4.32 Å². The first-order valence-corrected chi connectivity index (χ1v) is 1.13. The molecule has 0 nitrogen and oxygen atoms in total. The van der Waals surface area contributed by atoms with Crippen molar-refractivity contribution in [2.24, 2.45) is 0 Å². The number of halogens is 1. The molecule has 22 valence electrons. The van der Waals surface area contributed by atoms with E-state index in [1.165, 1.54) is 0 Å². The van der Waals surface area contributed by atoms with Crippen molar-refractivity contribution in [1.29, 1.82) is 0 Å². The topological polar surface area (TPSA) is 0 Å². The molecule has 0 rings (SSSR count). The fourth-order valence-electron chi connectivity index (χ4n) is 0. The molecule has 0 saturated carbocycles. The van der Waals surface area contributed by atoms with Crippen LogP contribution in [0.4, 0.5) is 4.32 Å². The largest absolute Gasteiger partial charge is 0.354 e. The Bertz CT molecular complexity index is 8.00. The van der Waals surface area contributed by atoms with Gasteiger partial charge in [0.25, 0.3) is 0 Å². The van der Waals surface area contributed by atoms with Gasteiger partial charge in [-0.05, 0) is 6.32 Å². The predicted octanol–water partition coefficient (Wildman–Crippen LogP) is 0.827. The van der Waals surface area contributed by atoms with Gasteiger partial charge in [0, 0.05) is 0 Å². The highest BCUT2D eigenvalue weighted by Crippen LogP contribution is 1.66. The quantitative estimate of drug-likeness (QED) is 0.391. The van der Waals surface area contributed by atoms with Crippen molar-refractivity contribution in [1.82, 2.24) is 0 Å². The van der Waals surface area contributed by atoms with E-state index >= 15 is 0 Å². The van der Waals surface area contributed by atoms with Crippen LogP contribution in [-0.4, -0.2) is 7.56 Å². The lowest BCUT2D eigenvalue weighted by molar-refractivity contribution is 0.869. The Kier molecular flexibility index (Phi) is 2.99. The van der Waals surface area contributed by atoms with Crippen LogP contribution in [0.25, 0.3) is 0 Å². The van der Waals surface area contributed by atoms with Gasteiger partial charge in [-0.15, -0.1) is 0 Å². The molecule has 0 N–H and O–H groups in total. The van der Waals surface area contributed by atoms with Crippen LogP contribution in [0.2, 0.25) is 6.32 Å². The average Bonchev–Trinajstić information content (AvgIpc) is 1.37. The molecule has 0 aliphatic carbocycles. The van der Waals surface area contributed by atoms with Crippen molar-refractivity contribution in [3.8, 4) is 0 Å². The molecule has 4 heavy (non-hydrogen) atoms. The molecule has 0 heterocycles. The average molecular weight is 57.9 g/mol. The van der Waals surface area contributed by atoms with E-state index in [9.17, 15) is 4.32 Å². The zero-order valence-corrected chi connectivity index (χ0v) is 2.37. The maximum atomic E-state index is 10.5. The van der Waals surface area contributed by atoms with Crippen LogP contribution in [0.1, 0.15) is 0 Å². The van der Waals surface area contributed by atoms with E-state index < -0.39 is 0 Å². The number of hydrogen-bond acceptors (Lipinski definition) is 0. The second kappa shape index (κ2) is 2.99. The highest BCUT2D eigenvalue weighted by Gasteiger charge is 1.70. The highest BCUT2D eigenvalue weighted by atomic mass is 19.1. The summed E-state index contributed by atoms with van der Waals surface area (Å²) in [5.74, 6) is 0. The first kappa shape index (κ1) is 3.99. The summed E-state index contributed by atoms with van der Waals surface area (Å²) in [6, 6.07) is 0.